The molecule has 5 nitrogen and oxygen atoms in total. The van der Waals surface area contributed by atoms with E-state index in [1.807, 2.05) is 13.0 Å². The number of amides is 1. The van der Waals surface area contributed by atoms with Crippen molar-refractivity contribution in [1.82, 2.24) is 5.32 Å². The summed E-state index contributed by atoms with van der Waals surface area (Å²) in [6, 6.07) is 10.4. The minimum atomic E-state index is -0.657. The molecule has 23 heavy (non-hydrogen) atoms. The second-order valence-corrected chi connectivity index (χ2v) is 7.20. The fourth-order valence-corrected chi connectivity index (χ4v) is 3.08. The van der Waals surface area contributed by atoms with Gasteiger partial charge in [-0.25, -0.2) is 0 Å². The Morgan fingerprint density at radius 3 is 2.65 bits per heavy atom. The molecule has 2 aromatic rings. The fraction of sp³-hybridized carbons (Fsp3) is 0.188. The van der Waals surface area contributed by atoms with E-state index in [9.17, 15) is 14.4 Å². The number of ketones is 1. The Balaban J connectivity index is 1.77. The number of aryl methyl sites for hydroxylation is 1. The Morgan fingerprint density at radius 1 is 1.22 bits per heavy atom. The van der Waals surface area contributed by atoms with Crippen molar-refractivity contribution in [3.8, 4) is 0 Å². The topological polar surface area (TPSA) is 72.5 Å². The maximum absolute atomic E-state index is 11.9. The summed E-state index contributed by atoms with van der Waals surface area (Å²) in [6.07, 6.45) is 0. The highest BCUT2D eigenvalue weighted by atomic mass is 79.9. The summed E-state index contributed by atoms with van der Waals surface area (Å²) < 4.78 is 5.70. The van der Waals surface area contributed by atoms with Gasteiger partial charge in [-0.15, -0.1) is 11.3 Å². The molecule has 1 N–H and O–H groups in total. The minimum absolute atomic E-state index is 0.279. The van der Waals surface area contributed by atoms with Gasteiger partial charge >= 0.3 is 5.97 Å². The van der Waals surface area contributed by atoms with Crippen LogP contribution in [0.25, 0.3) is 0 Å². The van der Waals surface area contributed by atoms with Crippen molar-refractivity contribution in [3.63, 3.8) is 0 Å². The van der Waals surface area contributed by atoms with Gasteiger partial charge in [0.25, 0.3) is 5.91 Å². The van der Waals surface area contributed by atoms with Crippen molar-refractivity contribution in [2.75, 3.05) is 13.2 Å². The van der Waals surface area contributed by atoms with Crippen LogP contribution in [0.15, 0.2) is 40.2 Å². The van der Waals surface area contributed by atoms with Crippen molar-refractivity contribution in [2.45, 2.75) is 6.92 Å². The molecule has 0 fully saturated rings. The van der Waals surface area contributed by atoms with E-state index < -0.39 is 5.97 Å². The monoisotopic (exact) mass is 395 g/mol. The maximum atomic E-state index is 11.9. The van der Waals surface area contributed by atoms with Gasteiger partial charge in [-0.1, -0.05) is 17.7 Å². The first-order valence-electron chi connectivity index (χ1n) is 6.75. The molecule has 0 bridgehead atoms. The van der Waals surface area contributed by atoms with Crippen LogP contribution in [0, 0.1) is 6.92 Å². The molecule has 0 radical (unpaired) electrons. The van der Waals surface area contributed by atoms with E-state index in [1.54, 1.807) is 30.3 Å². The molecule has 0 saturated heterocycles. The van der Waals surface area contributed by atoms with Gasteiger partial charge < -0.3 is 10.1 Å². The summed E-state index contributed by atoms with van der Waals surface area (Å²) in [7, 11) is 0. The lowest BCUT2D eigenvalue weighted by molar-refractivity contribution is -0.141. The minimum Gasteiger partial charge on any atom is -0.456 e. The maximum Gasteiger partial charge on any atom is 0.325 e. The van der Waals surface area contributed by atoms with E-state index in [4.69, 9.17) is 4.74 Å². The Labute approximate surface area is 145 Å². The molecule has 1 aromatic carbocycles. The van der Waals surface area contributed by atoms with Crippen LogP contribution < -0.4 is 5.32 Å². The first-order valence-corrected chi connectivity index (χ1v) is 8.35. The SMILES string of the molecule is Cc1cccc(C(=O)NCC(=O)OCC(=O)c2ccc(Br)s2)c1. The predicted molar refractivity (Wildman–Crippen MR) is 90.8 cm³/mol. The molecule has 2 rings (SSSR count). The van der Waals surface area contributed by atoms with Crippen molar-refractivity contribution in [3.05, 3.63) is 56.2 Å². The lowest BCUT2D eigenvalue weighted by atomic mass is 10.1. The largest absolute Gasteiger partial charge is 0.456 e. The first-order chi connectivity index (χ1) is 11.0. The number of Topliss-reactive ketones (excluding diaryl/α,β-unsaturated/α-hetero) is 1. The van der Waals surface area contributed by atoms with Crippen LogP contribution in [0.5, 0.6) is 0 Å². The highest BCUT2D eigenvalue weighted by molar-refractivity contribution is 9.11. The van der Waals surface area contributed by atoms with Gasteiger partial charge in [-0.05, 0) is 47.1 Å². The second-order valence-electron chi connectivity index (χ2n) is 4.74. The van der Waals surface area contributed by atoms with Crippen LogP contribution >= 0.6 is 27.3 Å². The molecule has 0 spiro atoms. The van der Waals surface area contributed by atoms with E-state index in [1.165, 1.54) is 11.3 Å². The number of hydrogen-bond donors (Lipinski definition) is 1. The standard InChI is InChI=1S/C16H14BrNO4S/c1-10-3-2-4-11(7-10)16(21)18-8-15(20)22-9-12(19)13-5-6-14(17)23-13/h2-7H,8-9H2,1H3,(H,18,21). The smallest absolute Gasteiger partial charge is 0.325 e. The molecular formula is C16H14BrNO4S. The van der Waals surface area contributed by atoms with Crippen LogP contribution in [0.2, 0.25) is 0 Å². The normalized spacial score (nSPS) is 10.2. The number of esters is 1. The third kappa shape index (κ3) is 5.30. The van der Waals surface area contributed by atoms with Gasteiger partial charge in [0.2, 0.25) is 5.78 Å². The number of rotatable bonds is 6. The Hall–Kier alpha value is -1.99. The number of halogens is 1. The van der Waals surface area contributed by atoms with Crippen LogP contribution in [0.3, 0.4) is 0 Å². The number of thiophene rings is 1. The third-order valence-electron chi connectivity index (χ3n) is 2.89. The Bertz CT molecular complexity index is 741. The van der Waals surface area contributed by atoms with Crippen molar-refractivity contribution in [2.24, 2.45) is 0 Å². The zero-order chi connectivity index (χ0) is 16.8. The summed E-state index contributed by atoms with van der Waals surface area (Å²) >= 11 is 4.53. The number of benzene rings is 1. The highest BCUT2D eigenvalue weighted by Crippen LogP contribution is 2.22. The van der Waals surface area contributed by atoms with Crippen molar-refractivity contribution >= 4 is 44.9 Å². The summed E-state index contributed by atoms with van der Waals surface area (Å²) in [5, 5.41) is 2.46. The van der Waals surface area contributed by atoms with Gasteiger partial charge in [0.05, 0.1) is 8.66 Å². The number of carbonyl (C=O) groups excluding carboxylic acids is 3. The molecule has 0 atom stereocenters. The fourth-order valence-electron chi connectivity index (χ4n) is 1.77. The quantitative estimate of drug-likeness (QED) is 0.602. The molecule has 0 aliphatic rings. The highest BCUT2D eigenvalue weighted by Gasteiger charge is 2.13. The first kappa shape index (κ1) is 17.4. The average Bonchev–Trinajstić information content (AvgIpc) is 2.96. The van der Waals surface area contributed by atoms with Gasteiger partial charge in [-0.2, -0.15) is 0 Å². The van der Waals surface area contributed by atoms with Crippen LogP contribution in [0.1, 0.15) is 25.6 Å². The van der Waals surface area contributed by atoms with Gasteiger partial charge in [0.15, 0.2) is 6.61 Å². The predicted octanol–water partition coefficient (Wildman–Crippen LogP) is 2.97. The molecule has 0 saturated carbocycles. The van der Waals surface area contributed by atoms with E-state index in [2.05, 4.69) is 21.2 Å². The van der Waals surface area contributed by atoms with Crippen LogP contribution in [-0.2, 0) is 9.53 Å². The summed E-state index contributed by atoms with van der Waals surface area (Å²) in [5.74, 6) is -1.30. The van der Waals surface area contributed by atoms with E-state index in [-0.39, 0.29) is 24.8 Å². The Kier molecular flexibility index (Phi) is 6.06. The summed E-state index contributed by atoms with van der Waals surface area (Å²) in [5.41, 5.74) is 1.42. The van der Waals surface area contributed by atoms with Crippen LogP contribution in [0.4, 0.5) is 0 Å². The number of nitrogens with one attached hydrogen (secondary N) is 1. The lowest BCUT2D eigenvalue weighted by Crippen LogP contribution is -2.31. The van der Waals surface area contributed by atoms with E-state index in [0.29, 0.717) is 10.4 Å². The Morgan fingerprint density at radius 2 is 2.00 bits per heavy atom. The van der Waals surface area contributed by atoms with Crippen LogP contribution in [-0.4, -0.2) is 30.8 Å². The van der Waals surface area contributed by atoms with E-state index >= 15 is 0 Å². The molecule has 1 aromatic heterocycles. The van der Waals surface area contributed by atoms with Gasteiger partial charge in [0.1, 0.15) is 6.54 Å². The number of ether oxygens (including phenoxy) is 1. The number of carbonyl (C=O) groups is 3. The van der Waals surface area contributed by atoms with Gasteiger partial charge in [-0.3, -0.25) is 14.4 Å². The zero-order valence-corrected chi connectivity index (χ0v) is 14.7. The molecule has 1 amide bonds. The zero-order valence-electron chi connectivity index (χ0n) is 12.3. The lowest BCUT2D eigenvalue weighted by Gasteiger charge is -2.06. The molecule has 0 aliphatic carbocycles. The average molecular weight is 396 g/mol. The third-order valence-corrected chi connectivity index (χ3v) is 4.55. The molecule has 120 valence electrons. The molecular weight excluding hydrogens is 382 g/mol. The number of hydrogen-bond acceptors (Lipinski definition) is 5. The molecule has 0 unspecified atom stereocenters. The molecule has 1 heterocycles. The summed E-state index contributed by atoms with van der Waals surface area (Å²) in [4.78, 5) is 35.8. The molecule has 7 heteroatoms. The van der Waals surface area contributed by atoms with Crippen molar-refractivity contribution < 1.29 is 19.1 Å². The molecule has 0 aliphatic heterocycles. The summed E-state index contributed by atoms with van der Waals surface area (Å²) in [6.45, 7) is 1.25. The second kappa shape index (κ2) is 8.03. The van der Waals surface area contributed by atoms with Gasteiger partial charge in [0, 0.05) is 5.56 Å². The van der Waals surface area contributed by atoms with E-state index in [0.717, 1.165) is 9.35 Å². The van der Waals surface area contributed by atoms with Crippen molar-refractivity contribution in [1.29, 1.82) is 0 Å².